The van der Waals surface area contributed by atoms with E-state index in [4.69, 9.17) is 4.74 Å². The van der Waals surface area contributed by atoms with Crippen molar-refractivity contribution in [3.63, 3.8) is 0 Å². The highest BCUT2D eigenvalue weighted by Gasteiger charge is 2.30. The van der Waals surface area contributed by atoms with Crippen molar-refractivity contribution in [1.82, 2.24) is 10.3 Å². The van der Waals surface area contributed by atoms with Crippen molar-refractivity contribution in [2.24, 2.45) is 0 Å². The first kappa shape index (κ1) is 17.3. The van der Waals surface area contributed by atoms with E-state index >= 15 is 0 Å². The van der Waals surface area contributed by atoms with Gasteiger partial charge in [0.15, 0.2) is 0 Å². The van der Waals surface area contributed by atoms with Crippen LogP contribution in [0.4, 0.5) is 13.2 Å². The molecular formula is C17H13F3N2O2. The zero-order chi connectivity index (χ0) is 17.4. The first-order valence-electron chi connectivity index (χ1n) is 6.91. The minimum Gasteiger partial charge on any atom is -0.481 e. The number of carbonyl (C=O) groups is 1. The average Bonchev–Trinajstić information content (AvgIpc) is 2.58. The van der Waals surface area contributed by atoms with Crippen LogP contribution in [-0.2, 0) is 6.18 Å². The molecule has 4 nitrogen and oxygen atoms in total. The van der Waals surface area contributed by atoms with E-state index in [1.807, 2.05) is 0 Å². The van der Waals surface area contributed by atoms with E-state index in [0.717, 1.165) is 12.1 Å². The van der Waals surface area contributed by atoms with Crippen LogP contribution in [0.15, 0.2) is 48.8 Å². The van der Waals surface area contributed by atoms with E-state index in [-0.39, 0.29) is 24.8 Å². The fraction of sp³-hybridized carbons (Fsp3) is 0.176. The van der Waals surface area contributed by atoms with E-state index < -0.39 is 11.7 Å². The second kappa shape index (κ2) is 8.02. The van der Waals surface area contributed by atoms with Crippen molar-refractivity contribution in [3.05, 3.63) is 59.9 Å². The number of rotatable bonds is 4. The van der Waals surface area contributed by atoms with E-state index in [1.54, 1.807) is 12.1 Å². The van der Waals surface area contributed by atoms with Gasteiger partial charge in [0.1, 0.15) is 12.4 Å². The number of amides is 1. The number of carbonyl (C=O) groups excluding carboxylic acids is 1. The molecule has 2 aromatic rings. The minimum atomic E-state index is -4.41. The van der Waals surface area contributed by atoms with Gasteiger partial charge in [0.2, 0.25) is 0 Å². The van der Waals surface area contributed by atoms with Crippen LogP contribution in [0.25, 0.3) is 0 Å². The number of halogens is 3. The maximum absolute atomic E-state index is 12.5. The predicted octanol–water partition coefficient (Wildman–Crippen LogP) is 2.91. The molecule has 1 N–H and O–H groups in total. The molecule has 124 valence electrons. The molecule has 1 amide bonds. The molecule has 0 atom stereocenters. The molecule has 0 saturated carbocycles. The number of nitrogens with zero attached hydrogens (tertiary/aromatic N) is 1. The smallest absolute Gasteiger partial charge is 0.416 e. The first-order valence-corrected chi connectivity index (χ1v) is 6.91. The van der Waals surface area contributed by atoms with Crippen molar-refractivity contribution in [1.29, 1.82) is 0 Å². The molecular weight excluding hydrogens is 321 g/mol. The summed E-state index contributed by atoms with van der Waals surface area (Å²) in [6.07, 6.45) is -1.41. The second-order valence-corrected chi connectivity index (χ2v) is 4.59. The number of ether oxygens (including phenoxy) is 1. The Bertz CT molecular complexity index is 750. The number of aromatic nitrogens is 1. The average molecular weight is 334 g/mol. The molecule has 1 aromatic carbocycles. The number of hydrogen-bond donors (Lipinski definition) is 1. The lowest BCUT2D eigenvalue weighted by Gasteiger charge is -2.08. The molecule has 0 aliphatic rings. The summed E-state index contributed by atoms with van der Waals surface area (Å²) in [5.74, 6) is 5.07. The highest BCUT2D eigenvalue weighted by Crippen LogP contribution is 2.31. The topological polar surface area (TPSA) is 51.2 Å². The van der Waals surface area contributed by atoms with Crippen molar-refractivity contribution >= 4 is 5.91 Å². The third kappa shape index (κ3) is 5.32. The Hall–Kier alpha value is -3.01. The molecule has 0 fully saturated rings. The Morgan fingerprint density at radius 3 is 2.62 bits per heavy atom. The Morgan fingerprint density at radius 1 is 1.17 bits per heavy atom. The maximum atomic E-state index is 12.5. The first-order chi connectivity index (χ1) is 11.5. The fourth-order valence-corrected chi connectivity index (χ4v) is 1.72. The number of hydrogen-bond acceptors (Lipinski definition) is 3. The van der Waals surface area contributed by atoms with Gasteiger partial charge in [-0.2, -0.15) is 13.2 Å². The van der Waals surface area contributed by atoms with Crippen LogP contribution in [0.2, 0.25) is 0 Å². The standard InChI is InChI=1S/C17H13F3N2O2/c18-17(19,20)14-4-3-5-15(12-14)24-11-2-1-8-22-16(23)13-6-9-21-10-7-13/h3-7,9-10,12H,8,11H2,(H,22,23). The van der Waals surface area contributed by atoms with Gasteiger partial charge in [-0.15, -0.1) is 0 Å². The van der Waals surface area contributed by atoms with E-state index in [9.17, 15) is 18.0 Å². The summed E-state index contributed by atoms with van der Waals surface area (Å²) in [6.45, 7) is 0.0273. The molecule has 1 heterocycles. The van der Waals surface area contributed by atoms with Gasteiger partial charge in [0, 0.05) is 18.0 Å². The van der Waals surface area contributed by atoms with Crippen LogP contribution in [0.5, 0.6) is 5.75 Å². The van der Waals surface area contributed by atoms with Gasteiger partial charge in [-0.25, -0.2) is 0 Å². The quantitative estimate of drug-likeness (QED) is 0.875. The molecule has 0 spiro atoms. The molecule has 0 aliphatic heterocycles. The third-order valence-electron chi connectivity index (χ3n) is 2.88. The Labute approximate surface area is 136 Å². The zero-order valence-electron chi connectivity index (χ0n) is 12.4. The highest BCUT2D eigenvalue weighted by atomic mass is 19.4. The molecule has 1 aromatic heterocycles. The van der Waals surface area contributed by atoms with E-state index in [1.165, 1.54) is 24.5 Å². The lowest BCUT2D eigenvalue weighted by molar-refractivity contribution is -0.137. The van der Waals surface area contributed by atoms with Crippen LogP contribution in [-0.4, -0.2) is 24.0 Å². The van der Waals surface area contributed by atoms with E-state index in [2.05, 4.69) is 22.1 Å². The van der Waals surface area contributed by atoms with Crippen molar-refractivity contribution in [3.8, 4) is 17.6 Å². The fourth-order valence-electron chi connectivity index (χ4n) is 1.72. The van der Waals surface area contributed by atoms with Crippen molar-refractivity contribution < 1.29 is 22.7 Å². The molecule has 0 radical (unpaired) electrons. The Balaban J connectivity index is 1.77. The molecule has 0 bridgehead atoms. The van der Waals surface area contributed by atoms with E-state index in [0.29, 0.717) is 5.56 Å². The van der Waals surface area contributed by atoms with Gasteiger partial charge in [0.25, 0.3) is 5.91 Å². The SMILES string of the molecule is O=C(NCC#CCOc1cccc(C(F)(F)F)c1)c1ccncc1. The van der Waals surface area contributed by atoms with Crippen molar-refractivity contribution in [2.45, 2.75) is 6.18 Å². The van der Waals surface area contributed by atoms with Crippen LogP contribution < -0.4 is 10.1 Å². The number of benzene rings is 1. The van der Waals surface area contributed by atoms with Gasteiger partial charge in [0.05, 0.1) is 12.1 Å². The molecule has 0 aliphatic carbocycles. The monoisotopic (exact) mass is 334 g/mol. The largest absolute Gasteiger partial charge is 0.481 e. The van der Waals surface area contributed by atoms with Gasteiger partial charge >= 0.3 is 6.18 Å². The summed E-state index contributed by atoms with van der Waals surface area (Å²) in [6, 6.07) is 7.70. The van der Waals surface area contributed by atoms with Gasteiger partial charge in [-0.1, -0.05) is 17.9 Å². The highest BCUT2D eigenvalue weighted by molar-refractivity contribution is 5.94. The van der Waals surface area contributed by atoms with Crippen LogP contribution >= 0.6 is 0 Å². The molecule has 7 heteroatoms. The normalized spacial score (nSPS) is 10.5. The Kier molecular flexibility index (Phi) is 5.79. The Morgan fingerprint density at radius 2 is 1.92 bits per heavy atom. The summed E-state index contributed by atoms with van der Waals surface area (Å²) < 4.78 is 42.8. The van der Waals surface area contributed by atoms with Crippen LogP contribution in [0, 0.1) is 11.8 Å². The number of alkyl halides is 3. The van der Waals surface area contributed by atoms with Gasteiger partial charge < -0.3 is 10.1 Å². The predicted molar refractivity (Wildman–Crippen MR) is 81.3 cm³/mol. The minimum absolute atomic E-state index is 0.0769. The lowest BCUT2D eigenvalue weighted by Crippen LogP contribution is -2.23. The number of nitrogens with one attached hydrogen (secondary N) is 1. The third-order valence-corrected chi connectivity index (χ3v) is 2.88. The lowest BCUT2D eigenvalue weighted by atomic mass is 10.2. The maximum Gasteiger partial charge on any atom is 0.416 e. The van der Waals surface area contributed by atoms with Gasteiger partial charge in [-0.3, -0.25) is 9.78 Å². The second-order valence-electron chi connectivity index (χ2n) is 4.59. The molecule has 0 unspecified atom stereocenters. The van der Waals surface area contributed by atoms with Gasteiger partial charge in [-0.05, 0) is 30.3 Å². The summed E-state index contributed by atoms with van der Waals surface area (Å²) in [5, 5.41) is 2.58. The number of pyridine rings is 1. The molecule has 0 saturated heterocycles. The van der Waals surface area contributed by atoms with Crippen molar-refractivity contribution in [2.75, 3.05) is 13.2 Å². The van der Waals surface area contributed by atoms with Crippen LogP contribution in [0.3, 0.4) is 0 Å². The zero-order valence-corrected chi connectivity index (χ0v) is 12.4. The van der Waals surface area contributed by atoms with Crippen LogP contribution in [0.1, 0.15) is 15.9 Å². The summed E-state index contributed by atoms with van der Waals surface area (Å²) in [7, 11) is 0. The summed E-state index contributed by atoms with van der Waals surface area (Å²) >= 11 is 0. The molecule has 2 rings (SSSR count). The summed E-state index contributed by atoms with van der Waals surface area (Å²) in [5.41, 5.74) is -0.315. The molecule has 24 heavy (non-hydrogen) atoms. The summed E-state index contributed by atoms with van der Waals surface area (Å²) in [4.78, 5) is 15.5.